The number of carbonyl (C=O) groups excluding carboxylic acids is 1. The highest BCUT2D eigenvalue weighted by Crippen LogP contribution is 2.15. The molecule has 0 aromatic heterocycles. The average molecular weight is 248 g/mol. The Labute approximate surface area is 108 Å². The van der Waals surface area contributed by atoms with E-state index < -0.39 is 0 Å². The quantitative estimate of drug-likeness (QED) is 0.884. The van der Waals surface area contributed by atoms with Crippen LogP contribution in [0.15, 0.2) is 24.3 Å². The summed E-state index contributed by atoms with van der Waals surface area (Å²) in [5.74, 6) is 0.638. The molecule has 1 heterocycles. The minimum atomic E-state index is 0.0331. The van der Waals surface area contributed by atoms with Crippen LogP contribution in [0.5, 0.6) is 0 Å². The van der Waals surface area contributed by atoms with E-state index in [2.05, 4.69) is 5.32 Å². The molecule has 1 unspecified atom stereocenters. The number of amides is 1. The van der Waals surface area contributed by atoms with E-state index in [9.17, 15) is 4.79 Å². The van der Waals surface area contributed by atoms with E-state index in [0.29, 0.717) is 5.92 Å². The molecule has 1 fully saturated rings. The predicted molar refractivity (Wildman–Crippen MR) is 71.9 cm³/mol. The first-order chi connectivity index (χ1) is 8.66. The summed E-state index contributed by atoms with van der Waals surface area (Å²) in [5, 5.41) is 3.38. The molecule has 0 bridgehead atoms. The van der Waals surface area contributed by atoms with Gasteiger partial charge in [0, 0.05) is 44.4 Å². The molecule has 4 heteroatoms. The summed E-state index contributed by atoms with van der Waals surface area (Å²) in [5.41, 5.74) is 1.77. The van der Waals surface area contributed by atoms with Crippen molar-refractivity contribution in [2.24, 2.45) is 5.92 Å². The van der Waals surface area contributed by atoms with Gasteiger partial charge in [0.25, 0.3) is 5.91 Å². The van der Waals surface area contributed by atoms with E-state index in [4.69, 9.17) is 4.74 Å². The van der Waals surface area contributed by atoms with E-state index in [-0.39, 0.29) is 5.91 Å². The topological polar surface area (TPSA) is 41.6 Å². The monoisotopic (exact) mass is 248 g/mol. The molecule has 1 atom stereocenters. The second kappa shape index (κ2) is 5.87. The van der Waals surface area contributed by atoms with Crippen molar-refractivity contribution in [1.29, 1.82) is 0 Å². The van der Waals surface area contributed by atoms with Crippen molar-refractivity contribution < 1.29 is 9.53 Å². The molecular formula is C14H20N2O2. The zero-order valence-corrected chi connectivity index (χ0v) is 11.0. The minimum Gasteiger partial charge on any atom is -0.385 e. The van der Waals surface area contributed by atoms with Crippen molar-refractivity contribution >= 4 is 11.6 Å². The third-order valence-corrected chi connectivity index (χ3v) is 3.16. The molecule has 18 heavy (non-hydrogen) atoms. The van der Waals surface area contributed by atoms with E-state index in [1.807, 2.05) is 24.3 Å². The van der Waals surface area contributed by atoms with Crippen LogP contribution < -0.4 is 5.32 Å². The molecule has 1 N–H and O–H groups in total. The number of carbonyl (C=O) groups is 1. The molecule has 1 aliphatic heterocycles. The van der Waals surface area contributed by atoms with Gasteiger partial charge < -0.3 is 15.0 Å². The summed E-state index contributed by atoms with van der Waals surface area (Å²) in [7, 11) is 3.52. The van der Waals surface area contributed by atoms with Gasteiger partial charge in [0.15, 0.2) is 0 Å². The molecule has 4 nitrogen and oxygen atoms in total. The van der Waals surface area contributed by atoms with Crippen LogP contribution in [0.4, 0.5) is 5.69 Å². The predicted octanol–water partition coefficient (Wildman–Crippen LogP) is 1.84. The second-order valence-corrected chi connectivity index (χ2v) is 4.89. The SMILES string of the molecule is CN(C)C(=O)c1ccc(NCC2CCOC2)cc1. The van der Waals surface area contributed by atoms with Gasteiger partial charge in [-0.15, -0.1) is 0 Å². The van der Waals surface area contributed by atoms with Gasteiger partial charge in [0.05, 0.1) is 6.61 Å². The molecule has 0 radical (unpaired) electrons. The summed E-state index contributed by atoms with van der Waals surface area (Å²) in [6, 6.07) is 7.62. The van der Waals surface area contributed by atoms with E-state index >= 15 is 0 Å². The molecule has 2 rings (SSSR count). The number of nitrogens with one attached hydrogen (secondary N) is 1. The summed E-state index contributed by atoms with van der Waals surface area (Å²) >= 11 is 0. The number of ether oxygens (including phenoxy) is 1. The molecule has 0 spiro atoms. The van der Waals surface area contributed by atoms with Gasteiger partial charge in [-0.3, -0.25) is 4.79 Å². The van der Waals surface area contributed by atoms with Gasteiger partial charge in [0.1, 0.15) is 0 Å². The standard InChI is InChI=1S/C14H20N2O2/c1-16(2)14(17)12-3-5-13(6-4-12)15-9-11-7-8-18-10-11/h3-6,11,15H,7-10H2,1-2H3. The average Bonchev–Trinajstić information content (AvgIpc) is 2.89. The van der Waals surface area contributed by atoms with Crippen molar-refractivity contribution in [3.05, 3.63) is 29.8 Å². The van der Waals surface area contributed by atoms with E-state index in [0.717, 1.165) is 37.4 Å². The zero-order chi connectivity index (χ0) is 13.0. The van der Waals surface area contributed by atoms with Crippen LogP contribution in [0.25, 0.3) is 0 Å². The zero-order valence-electron chi connectivity index (χ0n) is 11.0. The van der Waals surface area contributed by atoms with E-state index in [1.54, 1.807) is 19.0 Å². The number of rotatable bonds is 4. The van der Waals surface area contributed by atoms with Crippen LogP contribution in [-0.4, -0.2) is 44.7 Å². The first kappa shape index (κ1) is 12.9. The maximum absolute atomic E-state index is 11.7. The Morgan fingerprint density at radius 1 is 1.39 bits per heavy atom. The third kappa shape index (κ3) is 3.23. The molecule has 1 aliphatic rings. The molecule has 0 aliphatic carbocycles. The fraction of sp³-hybridized carbons (Fsp3) is 0.500. The Bertz CT molecular complexity index is 395. The number of hydrogen-bond acceptors (Lipinski definition) is 3. The van der Waals surface area contributed by atoms with Crippen LogP contribution in [0.1, 0.15) is 16.8 Å². The summed E-state index contributed by atoms with van der Waals surface area (Å²) in [6.07, 6.45) is 1.13. The minimum absolute atomic E-state index is 0.0331. The van der Waals surface area contributed by atoms with Crippen molar-refractivity contribution in [3.8, 4) is 0 Å². The fourth-order valence-electron chi connectivity index (χ4n) is 2.00. The summed E-state index contributed by atoms with van der Waals surface area (Å²) in [4.78, 5) is 13.3. The first-order valence-corrected chi connectivity index (χ1v) is 6.30. The molecule has 98 valence electrons. The summed E-state index contributed by atoms with van der Waals surface area (Å²) in [6.45, 7) is 2.66. The van der Waals surface area contributed by atoms with Crippen LogP contribution in [-0.2, 0) is 4.74 Å². The maximum atomic E-state index is 11.7. The highest BCUT2D eigenvalue weighted by Gasteiger charge is 2.15. The van der Waals surface area contributed by atoms with Gasteiger partial charge in [0.2, 0.25) is 0 Å². The molecule has 1 aromatic rings. The smallest absolute Gasteiger partial charge is 0.253 e. The lowest BCUT2D eigenvalue weighted by atomic mass is 10.1. The van der Waals surface area contributed by atoms with Gasteiger partial charge >= 0.3 is 0 Å². The Morgan fingerprint density at radius 3 is 2.67 bits per heavy atom. The van der Waals surface area contributed by atoms with Crippen molar-refractivity contribution in [3.63, 3.8) is 0 Å². The van der Waals surface area contributed by atoms with Gasteiger partial charge in [-0.25, -0.2) is 0 Å². The Balaban J connectivity index is 1.89. The highest BCUT2D eigenvalue weighted by atomic mass is 16.5. The van der Waals surface area contributed by atoms with Crippen LogP contribution in [0.2, 0.25) is 0 Å². The lowest BCUT2D eigenvalue weighted by molar-refractivity contribution is 0.0827. The Morgan fingerprint density at radius 2 is 2.11 bits per heavy atom. The number of anilines is 1. The fourth-order valence-corrected chi connectivity index (χ4v) is 2.00. The first-order valence-electron chi connectivity index (χ1n) is 6.30. The lowest BCUT2D eigenvalue weighted by Gasteiger charge is -2.12. The lowest BCUT2D eigenvalue weighted by Crippen LogP contribution is -2.21. The van der Waals surface area contributed by atoms with Crippen LogP contribution in [0.3, 0.4) is 0 Å². The Kier molecular flexibility index (Phi) is 4.20. The second-order valence-electron chi connectivity index (χ2n) is 4.89. The van der Waals surface area contributed by atoms with Gasteiger partial charge in [-0.2, -0.15) is 0 Å². The van der Waals surface area contributed by atoms with E-state index in [1.165, 1.54) is 0 Å². The van der Waals surface area contributed by atoms with Crippen molar-refractivity contribution in [2.75, 3.05) is 39.2 Å². The van der Waals surface area contributed by atoms with Gasteiger partial charge in [-0.1, -0.05) is 0 Å². The van der Waals surface area contributed by atoms with Crippen molar-refractivity contribution in [2.45, 2.75) is 6.42 Å². The molecule has 1 amide bonds. The largest absolute Gasteiger partial charge is 0.385 e. The summed E-state index contributed by atoms with van der Waals surface area (Å²) < 4.78 is 5.33. The molecular weight excluding hydrogens is 228 g/mol. The number of nitrogens with zero attached hydrogens (tertiary/aromatic N) is 1. The number of benzene rings is 1. The van der Waals surface area contributed by atoms with Crippen LogP contribution >= 0.6 is 0 Å². The molecule has 0 saturated carbocycles. The maximum Gasteiger partial charge on any atom is 0.253 e. The Hall–Kier alpha value is -1.55. The molecule has 1 aromatic carbocycles. The normalized spacial score (nSPS) is 18.7. The van der Waals surface area contributed by atoms with Crippen molar-refractivity contribution in [1.82, 2.24) is 4.90 Å². The number of hydrogen-bond donors (Lipinski definition) is 1. The molecule has 1 saturated heterocycles. The highest BCUT2D eigenvalue weighted by molar-refractivity contribution is 5.94. The van der Waals surface area contributed by atoms with Gasteiger partial charge in [-0.05, 0) is 30.7 Å². The van der Waals surface area contributed by atoms with Crippen LogP contribution in [0, 0.1) is 5.92 Å². The third-order valence-electron chi connectivity index (χ3n) is 3.16.